The van der Waals surface area contributed by atoms with E-state index in [1.807, 2.05) is 30.3 Å². The molecule has 0 bridgehead atoms. The summed E-state index contributed by atoms with van der Waals surface area (Å²) in [5.41, 5.74) is 0. The average molecular weight is 174 g/mol. The number of hydrogen-bond donors (Lipinski definition) is 1. The van der Waals surface area contributed by atoms with Crippen LogP contribution in [-0.4, -0.2) is 0 Å². The Labute approximate surface area is 65.2 Å². The maximum Gasteiger partial charge on any atom is 0.00399 e. The minimum atomic E-state index is 0. The SMILES string of the molecule is Sc1ccccc1.[Cu]. The maximum absolute atomic E-state index is 4.08. The summed E-state index contributed by atoms with van der Waals surface area (Å²) in [6.45, 7) is 0. The molecule has 0 saturated heterocycles. The number of hydrogen-bond acceptors (Lipinski definition) is 1. The molecule has 0 amide bonds. The van der Waals surface area contributed by atoms with E-state index < -0.39 is 0 Å². The fourth-order valence-electron chi connectivity index (χ4n) is 0.428. The van der Waals surface area contributed by atoms with Gasteiger partial charge in [0.15, 0.2) is 0 Å². The van der Waals surface area contributed by atoms with E-state index in [4.69, 9.17) is 0 Å². The molecule has 0 N–H and O–H groups in total. The number of thiol groups is 1. The fraction of sp³-hybridized carbons (Fsp3) is 0. The molecule has 2 heteroatoms. The maximum atomic E-state index is 4.08. The molecule has 0 aliphatic carbocycles. The number of rotatable bonds is 0. The molecular weight excluding hydrogens is 168 g/mol. The van der Waals surface area contributed by atoms with E-state index in [-0.39, 0.29) is 17.1 Å². The topological polar surface area (TPSA) is 0 Å². The Morgan fingerprint density at radius 1 is 1.00 bits per heavy atom. The molecule has 0 unspecified atom stereocenters. The van der Waals surface area contributed by atoms with Gasteiger partial charge in [-0.05, 0) is 12.1 Å². The molecule has 1 aromatic rings. The summed E-state index contributed by atoms with van der Waals surface area (Å²) in [4.78, 5) is 1.02. The van der Waals surface area contributed by atoms with Crippen molar-refractivity contribution in [1.82, 2.24) is 0 Å². The molecule has 0 saturated carbocycles. The quantitative estimate of drug-likeness (QED) is 0.450. The normalized spacial score (nSPS) is 7.62. The van der Waals surface area contributed by atoms with Gasteiger partial charge in [0.1, 0.15) is 0 Å². The van der Waals surface area contributed by atoms with Crippen LogP contribution in [0.3, 0.4) is 0 Å². The van der Waals surface area contributed by atoms with Crippen LogP contribution in [0.4, 0.5) is 0 Å². The molecule has 0 aromatic heterocycles. The second kappa shape index (κ2) is 4.02. The van der Waals surface area contributed by atoms with E-state index >= 15 is 0 Å². The van der Waals surface area contributed by atoms with Gasteiger partial charge >= 0.3 is 0 Å². The number of benzene rings is 1. The van der Waals surface area contributed by atoms with Crippen LogP contribution < -0.4 is 0 Å². The first-order chi connectivity index (χ1) is 3.39. The first-order valence-corrected chi connectivity index (χ1v) is 2.58. The molecule has 1 rings (SSSR count). The van der Waals surface area contributed by atoms with Gasteiger partial charge in [0, 0.05) is 22.0 Å². The van der Waals surface area contributed by atoms with Crippen molar-refractivity contribution < 1.29 is 17.1 Å². The Hall–Kier alpha value is 0.0895. The van der Waals surface area contributed by atoms with Crippen molar-refractivity contribution in [3.05, 3.63) is 30.3 Å². The van der Waals surface area contributed by atoms with Crippen molar-refractivity contribution in [3.8, 4) is 0 Å². The van der Waals surface area contributed by atoms with E-state index in [9.17, 15) is 0 Å². The van der Waals surface area contributed by atoms with Gasteiger partial charge in [0.05, 0.1) is 0 Å². The molecule has 47 valence electrons. The molecule has 8 heavy (non-hydrogen) atoms. The van der Waals surface area contributed by atoms with Gasteiger partial charge in [-0.2, -0.15) is 0 Å². The predicted molar refractivity (Wildman–Crippen MR) is 33.7 cm³/mol. The second-order valence-corrected chi connectivity index (χ2v) is 1.85. The van der Waals surface area contributed by atoms with Crippen LogP contribution in [0.25, 0.3) is 0 Å². The van der Waals surface area contributed by atoms with Crippen LogP contribution in [0, 0.1) is 0 Å². The van der Waals surface area contributed by atoms with Crippen molar-refractivity contribution >= 4 is 12.6 Å². The molecule has 0 nitrogen and oxygen atoms in total. The molecule has 1 aromatic carbocycles. The molecule has 0 aliphatic heterocycles. The molecule has 0 heterocycles. The van der Waals surface area contributed by atoms with Gasteiger partial charge in [0.2, 0.25) is 0 Å². The van der Waals surface area contributed by atoms with Gasteiger partial charge in [-0.1, -0.05) is 18.2 Å². The first-order valence-electron chi connectivity index (χ1n) is 2.13. The zero-order valence-electron chi connectivity index (χ0n) is 4.14. The largest absolute Gasteiger partial charge is 0.143 e. The summed E-state index contributed by atoms with van der Waals surface area (Å²) in [6, 6.07) is 9.79. The minimum Gasteiger partial charge on any atom is -0.143 e. The van der Waals surface area contributed by atoms with E-state index in [1.165, 1.54) is 0 Å². The van der Waals surface area contributed by atoms with Crippen molar-refractivity contribution in [2.75, 3.05) is 0 Å². The fourth-order valence-corrected chi connectivity index (χ4v) is 0.600. The van der Waals surface area contributed by atoms with Crippen LogP contribution in [0.5, 0.6) is 0 Å². The third-order valence-electron chi connectivity index (χ3n) is 0.756. The van der Waals surface area contributed by atoms with Crippen LogP contribution in [-0.2, 0) is 17.1 Å². The van der Waals surface area contributed by atoms with E-state index in [0.717, 1.165) is 4.90 Å². The molecule has 1 radical (unpaired) electrons. The molecular formula is C6H6CuS. The van der Waals surface area contributed by atoms with E-state index in [2.05, 4.69) is 12.6 Å². The Balaban J connectivity index is 0.000000490. The Bertz CT molecular complexity index is 138. The second-order valence-electron chi connectivity index (χ2n) is 1.34. The van der Waals surface area contributed by atoms with Gasteiger partial charge in [0.25, 0.3) is 0 Å². The summed E-state index contributed by atoms with van der Waals surface area (Å²) >= 11 is 4.08. The summed E-state index contributed by atoms with van der Waals surface area (Å²) in [5, 5.41) is 0. The van der Waals surface area contributed by atoms with E-state index in [1.54, 1.807) is 0 Å². The Morgan fingerprint density at radius 3 is 1.75 bits per heavy atom. The average Bonchev–Trinajstić information content (AvgIpc) is 1.69. The standard InChI is InChI=1S/C6H6S.Cu/c7-6-4-2-1-3-5-6;/h1-5,7H;. The summed E-state index contributed by atoms with van der Waals surface area (Å²) in [5.74, 6) is 0. The zero-order chi connectivity index (χ0) is 5.11. The predicted octanol–water partition coefficient (Wildman–Crippen LogP) is 1.97. The van der Waals surface area contributed by atoms with Crippen molar-refractivity contribution in [2.45, 2.75) is 4.90 Å². The van der Waals surface area contributed by atoms with Gasteiger partial charge in [-0.15, -0.1) is 12.6 Å². The van der Waals surface area contributed by atoms with Crippen LogP contribution in [0.2, 0.25) is 0 Å². The van der Waals surface area contributed by atoms with Crippen molar-refractivity contribution in [1.29, 1.82) is 0 Å². The van der Waals surface area contributed by atoms with Crippen LogP contribution in [0.1, 0.15) is 0 Å². The van der Waals surface area contributed by atoms with Gasteiger partial charge < -0.3 is 0 Å². The molecule has 0 aliphatic rings. The Morgan fingerprint density at radius 2 is 1.50 bits per heavy atom. The minimum absolute atomic E-state index is 0. The molecule has 0 fully saturated rings. The zero-order valence-corrected chi connectivity index (χ0v) is 5.97. The van der Waals surface area contributed by atoms with Crippen molar-refractivity contribution in [3.63, 3.8) is 0 Å². The van der Waals surface area contributed by atoms with Gasteiger partial charge in [-0.3, -0.25) is 0 Å². The monoisotopic (exact) mass is 173 g/mol. The summed E-state index contributed by atoms with van der Waals surface area (Å²) < 4.78 is 0. The smallest absolute Gasteiger partial charge is 0.00399 e. The first kappa shape index (κ1) is 8.09. The van der Waals surface area contributed by atoms with Crippen LogP contribution >= 0.6 is 12.6 Å². The third kappa shape index (κ3) is 2.41. The van der Waals surface area contributed by atoms with Gasteiger partial charge in [-0.25, -0.2) is 0 Å². The van der Waals surface area contributed by atoms with Crippen LogP contribution in [0.15, 0.2) is 35.2 Å². The Kier molecular flexibility index (Phi) is 4.06. The third-order valence-corrected chi connectivity index (χ3v) is 1.05. The van der Waals surface area contributed by atoms with Crippen molar-refractivity contribution in [2.24, 2.45) is 0 Å². The molecule has 0 atom stereocenters. The van der Waals surface area contributed by atoms with E-state index in [0.29, 0.717) is 0 Å². The summed E-state index contributed by atoms with van der Waals surface area (Å²) in [6.07, 6.45) is 0. The molecule has 0 spiro atoms. The summed E-state index contributed by atoms with van der Waals surface area (Å²) in [7, 11) is 0.